The molecule has 2 atom stereocenters. The second-order valence-electron chi connectivity index (χ2n) is 9.91. The van der Waals surface area contributed by atoms with Crippen LogP contribution in [0, 0.1) is 0 Å². The van der Waals surface area contributed by atoms with Gasteiger partial charge in [-0.1, -0.05) is 73.7 Å². The molecule has 8 heteroatoms. The molecule has 218 valence electrons. The third-order valence-corrected chi connectivity index (χ3v) is 6.81. The van der Waals surface area contributed by atoms with E-state index in [-0.39, 0.29) is 24.0 Å². The largest absolute Gasteiger partial charge is 0.494 e. The molecule has 0 aliphatic heterocycles. The topological polar surface area (TPSA) is 123 Å². The van der Waals surface area contributed by atoms with Crippen molar-refractivity contribution in [2.75, 3.05) is 13.2 Å². The van der Waals surface area contributed by atoms with Crippen LogP contribution in [0.15, 0.2) is 78.9 Å². The van der Waals surface area contributed by atoms with Crippen molar-refractivity contribution in [3.05, 3.63) is 101 Å². The Morgan fingerprint density at radius 2 is 1.39 bits per heavy atom. The van der Waals surface area contributed by atoms with Crippen molar-refractivity contribution in [3.8, 4) is 5.75 Å². The Hall–Kier alpha value is -4.01. The molecule has 0 aromatic heterocycles. The van der Waals surface area contributed by atoms with E-state index in [1.54, 1.807) is 6.92 Å². The summed E-state index contributed by atoms with van der Waals surface area (Å²) in [5, 5.41) is 9.16. The molecule has 0 unspecified atom stereocenters. The molecular weight excluding hydrogens is 516 g/mol. The predicted molar refractivity (Wildman–Crippen MR) is 161 cm³/mol. The van der Waals surface area contributed by atoms with E-state index in [1.807, 2.05) is 85.8 Å². The van der Waals surface area contributed by atoms with Gasteiger partial charge in [-0.15, -0.1) is 0 Å². The minimum absolute atomic E-state index is 0.0907. The summed E-state index contributed by atoms with van der Waals surface area (Å²) in [7, 11) is 0. The van der Waals surface area contributed by atoms with Gasteiger partial charge in [0.2, 0.25) is 11.8 Å². The molecule has 8 nitrogen and oxygen atoms in total. The van der Waals surface area contributed by atoms with Crippen molar-refractivity contribution in [2.24, 2.45) is 5.73 Å². The molecule has 0 heterocycles. The Morgan fingerprint density at radius 1 is 0.780 bits per heavy atom. The van der Waals surface area contributed by atoms with E-state index in [9.17, 15) is 14.4 Å². The Kier molecular flexibility index (Phi) is 13.0. The molecule has 0 aliphatic carbocycles. The van der Waals surface area contributed by atoms with Gasteiger partial charge in [0.15, 0.2) is 5.78 Å². The molecule has 0 saturated carbocycles. The molecule has 0 spiro atoms. The van der Waals surface area contributed by atoms with E-state index < -0.39 is 12.1 Å². The fourth-order valence-corrected chi connectivity index (χ4v) is 4.42. The van der Waals surface area contributed by atoms with Gasteiger partial charge < -0.3 is 26.4 Å². The number of ketones is 1. The smallest absolute Gasteiger partial charge is 0.237 e. The molecule has 41 heavy (non-hydrogen) atoms. The maximum Gasteiger partial charge on any atom is 0.237 e. The third-order valence-electron chi connectivity index (χ3n) is 6.81. The van der Waals surface area contributed by atoms with Gasteiger partial charge in [0.1, 0.15) is 5.75 Å². The van der Waals surface area contributed by atoms with Crippen molar-refractivity contribution in [1.29, 1.82) is 0 Å². The average Bonchev–Trinajstić information content (AvgIpc) is 3.00. The lowest BCUT2D eigenvalue weighted by molar-refractivity contribution is -0.127. The lowest BCUT2D eigenvalue weighted by Crippen LogP contribution is -2.47. The highest BCUT2D eigenvalue weighted by Gasteiger charge is 2.23. The Labute approximate surface area is 243 Å². The number of benzene rings is 3. The first-order valence-corrected chi connectivity index (χ1v) is 14.3. The first kappa shape index (κ1) is 31.5. The lowest BCUT2D eigenvalue weighted by atomic mass is 9.99. The third kappa shape index (κ3) is 10.8. The van der Waals surface area contributed by atoms with Gasteiger partial charge in [-0.3, -0.25) is 14.4 Å². The summed E-state index contributed by atoms with van der Waals surface area (Å²) in [4.78, 5) is 38.7. The van der Waals surface area contributed by atoms with E-state index in [4.69, 9.17) is 10.5 Å². The van der Waals surface area contributed by atoms with Gasteiger partial charge in [-0.05, 0) is 54.2 Å². The zero-order valence-electron chi connectivity index (χ0n) is 24.0. The van der Waals surface area contributed by atoms with Crippen molar-refractivity contribution in [2.45, 2.75) is 64.7 Å². The van der Waals surface area contributed by atoms with Crippen LogP contribution in [0.2, 0.25) is 0 Å². The highest BCUT2D eigenvalue weighted by Crippen LogP contribution is 2.14. The maximum absolute atomic E-state index is 13.3. The normalized spacial score (nSPS) is 12.3. The second-order valence-corrected chi connectivity index (χ2v) is 9.91. The summed E-state index contributed by atoms with van der Waals surface area (Å²) in [6.07, 6.45) is 1.33. The summed E-state index contributed by atoms with van der Waals surface area (Å²) in [5.74, 6) is 0.348. The van der Waals surface area contributed by atoms with Crippen molar-refractivity contribution >= 4 is 17.6 Å². The molecule has 0 radical (unpaired) electrons. The highest BCUT2D eigenvalue weighted by molar-refractivity contribution is 5.89. The van der Waals surface area contributed by atoms with Gasteiger partial charge in [0.25, 0.3) is 0 Å². The van der Waals surface area contributed by atoms with Crippen LogP contribution < -0.4 is 26.4 Å². The molecule has 3 aromatic rings. The zero-order valence-corrected chi connectivity index (χ0v) is 24.0. The molecule has 3 aromatic carbocycles. The quantitative estimate of drug-likeness (QED) is 0.201. The number of nitrogens with two attached hydrogens (primary N) is 1. The number of nitrogens with one attached hydrogen (secondary N) is 3. The molecule has 0 bridgehead atoms. The number of carbonyl (C=O) groups excluding carboxylic acids is 3. The van der Waals surface area contributed by atoms with E-state index >= 15 is 0 Å². The second kappa shape index (κ2) is 16.9. The minimum atomic E-state index is -0.653. The van der Waals surface area contributed by atoms with Gasteiger partial charge in [0, 0.05) is 32.5 Å². The standard InChI is InChI=1S/C33H42N4O4/c1-3-32(39)37-29(20-25-14-16-28(17-15-25)41-4-2)31(38)18-19-35-30(21-24-8-6-5-7-9-24)33(40)36-23-27-12-10-26(22-34)11-13-27/h5-17,29-30,35H,3-4,18-23,34H2,1-2H3,(H,36,40)(H,37,39)/t29-,30+/m1/s1. The number of carbonyl (C=O) groups is 3. The first-order valence-electron chi connectivity index (χ1n) is 14.3. The number of hydrogen-bond acceptors (Lipinski definition) is 6. The van der Waals surface area contributed by atoms with Gasteiger partial charge >= 0.3 is 0 Å². The number of Topliss-reactive ketones (excluding diaryl/α,β-unsaturated/α-hetero) is 1. The summed E-state index contributed by atoms with van der Waals surface area (Å²) >= 11 is 0. The molecule has 2 amide bonds. The first-order chi connectivity index (χ1) is 19.9. The van der Waals surface area contributed by atoms with Crippen molar-refractivity contribution in [3.63, 3.8) is 0 Å². The number of ether oxygens (including phenoxy) is 1. The van der Waals surface area contributed by atoms with Crippen LogP contribution in [-0.2, 0) is 40.3 Å². The van der Waals surface area contributed by atoms with Crippen molar-refractivity contribution < 1.29 is 19.1 Å². The van der Waals surface area contributed by atoms with Crippen LogP contribution in [0.3, 0.4) is 0 Å². The van der Waals surface area contributed by atoms with Gasteiger partial charge in [-0.25, -0.2) is 0 Å². The fraction of sp³-hybridized carbons (Fsp3) is 0.364. The molecule has 0 aliphatic rings. The molecule has 0 saturated heterocycles. The molecule has 5 N–H and O–H groups in total. The van der Waals surface area contributed by atoms with Crippen LogP contribution in [0.1, 0.15) is 48.9 Å². The predicted octanol–water partition coefficient (Wildman–Crippen LogP) is 3.46. The fourth-order valence-electron chi connectivity index (χ4n) is 4.42. The lowest BCUT2D eigenvalue weighted by Gasteiger charge is -2.21. The Morgan fingerprint density at radius 3 is 2.02 bits per heavy atom. The summed E-state index contributed by atoms with van der Waals surface area (Å²) in [6.45, 7) is 5.42. The summed E-state index contributed by atoms with van der Waals surface area (Å²) in [6, 6.07) is 23.9. The van der Waals surface area contributed by atoms with E-state index in [1.165, 1.54) is 0 Å². The van der Waals surface area contributed by atoms with Crippen LogP contribution in [0.4, 0.5) is 0 Å². The summed E-state index contributed by atoms with van der Waals surface area (Å²) < 4.78 is 5.50. The van der Waals surface area contributed by atoms with Gasteiger partial charge in [0.05, 0.1) is 18.7 Å². The average molecular weight is 559 g/mol. The number of hydrogen-bond donors (Lipinski definition) is 4. The van der Waals surface area contributed by atoms with Crippen LogP contribution in [-0.4, -0.2) is 42.8 Å². The van der Waals surface area contributed by atoms with Crippen LogP contribution >= 0.6 is 0 Å². The zero-order chi connectivity index (χ0) is 29.5. The van der Waals surface area contributed by atoms with E-state index in [0.29, 0.717) is 45.5 Å². The van der Waals surface area contributed by atoms with Crippen LogP contribution in [0.25, 0.3) is 0 Å². The van der Waals surface area contributed by atoms with Crippen LogP contribution in [0.5, 0.6) is 5.75 Å². The minimum Gasteiger partial charge on any atom is -0.494 e. The molecule has 3 rings (SSSR count). The highest BCUT2D eigenvalue weighted by atomic mass is 16.5. The molecular formula is C33H42N4O4. The molecule has 0 fully saturated rings. The maximum atomic E-state index is 13.3. The monoisotopic (exact) mass is 558 g/mol. The Balaban J connectivity index is 1.62. The van der Waals surface area contributed by atoms with Gasteiger partial charge in [-0.2, -0.15) is 0 Å². The SMILES string of the molecule is CCOc1ccc(C[C@@H](NC(=O)CC)C(=O)CCN[C@@H](Cc2ccccc2)C(=O)NCc2ccc(CN)cc2)cc1. The van der Waals surface area contributed by atoms with E-state index in [0.717, 1.165) is 28.0 Å². The van der Waals surface area contributed by atoms with E-state index in [2.05, 4.69) is 16.0 Å². The summed E-state index contributed by atoms with van der Waals surface area (Å²) in [5.41, 5.74) is 9.63. The Bertz CT molecular complexity index is 1230. The number of rotatable bonds is 17. The number of amides is 2. The van der Waals surface area contributed by atoms with Crippen molar-refractivity contribution in [1.82, 2.24) is 16.0 Å².